The van der Waals surface area contributed by atoms with Gasteiger partial charge in [0, 0.05) is 23.0 Å². The SMILES string of the molecule is COc1cc(OC)cc(-c2nc3n(n2)C(c2ccc(OC)c(OC)c2)C(C(=O)Nc2ccccc2)=C(C)N3)c1. The number of amides is 1. The van der Waals surface area contributed by atoms with Crippen molar-refractivity contribution in [3.8, 4) is 34.4 Å². The van der Waals surface area contributed by atoms with E-state index >= 15 is 0 Å². The molecule has 1 aromatic heterocycles. The molecule has 1 amide bonds. The van der Waals surface area contributed by atoms with Gasteiger partial charge >= 0.3 is 0 Å². The number of methoxy groups -OCH3 is 4. The van der Waals surface area contributed by atoms with Crippen molar-refractivity contribution >= 4 is 17.5 Å². The zero-order chi connectivity index (χ0) is 27.5. The van der Waals surface area contributed by atoms with Gasteiger partial charge in [0.2, 0.25) is 5.95 Å². The van der Waals surface area contributed by atoms with Gasteiger partial charge in [-0.05, 0) is 48.9 Å². The molecule has 0 saturated heterocycles. The summed E-state index contributed by atoms with van der Waals surface area (Å²) < 4.78 is 23.6. The lowest BCUT2D eigenvalue weighted by Crippen LogP contribution is -2.31. The number of hydrogen-bond donors (Lipinski definition) is 2. The van der Waals surface area contributed by atoms with Gasteiger partial charge in [-0.15, -0.1) is 5.10 Å². The second-order valence-electron chi connectivity index (χ2n) is 8.81. The molecule has 5 rings (SSSR count). The lowest BCUT2D eigenvalue weighted by molar-refractivity contribution is -0.113. The second kappa shape index (κ2) is 10.8. The van der Waals surface area contributed by atoms with Crippen molar-refractivity contribution in [1.82, 2.24) is 14.8 Å². The molecule has 1 aliphatic heterocycles. The fourth-order valence-electron chi connectivity index (χ4n) is 4.55. The van der Waals surface area contributed by atoms with E-state index in [0.29, 0.717) is 57.3 Å². The van der Waals surface area contributed by atoms with Gasteiger partial charge in [-0.2, -0.15) is 4.98 Å². The van der Waals surface area contributed by atoms with Crippen molar-refractivity contribution in [3.05, 3.63) is 83.6 Å². The number of benzene rings is 3. The van der Waals surface area contributed by atoms with Gasteiger partial charge in [0.1, 0.15) is 17.5 Å². The van der Waals surface area contributed by atoms with E-state index in [4.69, 9.17) is 29.0 Å². The first-order valence-electron chi connectivity index (χ1n) is 12.2. The summed E-state index contributed by atoms with van der Waals surface area (Å²) in [6.45, 7) is 1.85. The molecule has 0 spiro atoms. The Kier molecular flexibility index (Phi) is 7.09. The number of fused-ring (bicyclic) bond motifs is 1. The molecule has 3 aromatic carbocycles. The number of carbonyl (C=O) groups excluding carboxylic acids is 1. The molecule has 0 aliphatic carbocycles. The van der Waals surface area contributed by atoms with Gasteiger partial charge in [-0.1, -0.05) is 24.3 Å². The van der Waals surface area contributed by atoms with Gasteiger partial charge in [0.25, 0.3) is 5.91 Å². The zero-order valence-corrected chi connectivity index (χ0v) is 22.3. The predicted octanol–water partition coefficient (Wildman–Crippen LogP) is 4.91. The van der Waals surface area contributed by atoms with Gasteiger partial charge in [0.05, 0.1) is 34.0 Å². The fourth-order valence-corrected chi connectivity index (χ4v) is 4.55. The van der Waals surface area contributed by atoms with Crippen LogP contribution in [0.5, 0.6) is 23.0 Å². The van der Waals surface area contributed by atoms with E-state index in [1.54, 1.807) is 39.2 Å². The fraction of sp³-hybridized carbons (Fsp3) is 0.207. The number of ether oxygens (including phenoxy) is 4. The summed E-state index contributed by atoms with van der Waals surface area (Å²) >= 11 is 0. The molecule has 1 unspecified atom stereocenters. The van der Waals surface area contributed by atoms with Crippen molar-refractivity contribution in [3.63, 3.8) is 0 Å². The van der Waals surface area contributed by atoms with Crippen LogP contribution >= 0.6 is 0 Å². The van der Waals surface area contributed by atoms with Crippen LogP contribution in [0.3, 0.4) is 0 Å². The van der Waals surface area contributed by atoms with Gasteiger partial charge < -0.3 is 29.6 Å². The highest BCUT2D eigenvalue weighted by atomic mass is 16.5. The van der Waals surface area contributed by atoms with Crippen LogP contribution in [0.1, 0.15) is 18.5 Å². The van der Waals surface area contributed by atoms with Crippen LogP contribution < -0.4 is 29.6 Å². The molecular weight excluding hydrogens is 498 g/mol. The highest BCUT2D eigenvalue weighted by Gasteiger charge is 2.35. The summed E-state index contributed by atoms with van der Waals surface area (Å²) in [6.07, 6.45) is 0. The molecule has 200 valence electrons. The monoisotopic (exact) mass is 527 g/mol. The quantitative estimate of drug-likeness (QED) is 0.333. The first-order chi connectivity index (χ1) is 18.9. The van der Waals surface area contributed by atoms with Crippen LogP contribution in [-0.4, -0.2) is 49.1 Å². The number of nitrogens with zero attached hydrogens (tertiary/aromatic N) is 3. The molecule has 4 aromatic rings. The van der Waals surface area contributed by atoms with Gasteiger partial charge in [-0.25, -0.2) is 4.68 Å². The third-order valence-electron chi connectivity index (χ3n) is 6.46. The average Bonchev–Trinajstić information content (AvgIpc) is 3.39. The number of anilines is 2. The molecule has 1 aliphatic rings. The molecule has 10 nitrogen and oxygen atoms in total. The van der Waals surface area contributed by atoms with Crippen LogP contribution in [0.4, 0.5) is 11.6 Å². The van der Waals surface area contributed by atoms with Crippen LogP contribution in [-0.2, 0) is 4.79 Å². The Hall–Kier alpha value is -4.99. The summed E-state index contributed by atoms with van der Waals surface area (Å²) in [4.78, 5) is 18.5. The minimum Gasteiger partial charge on any atom is -0.497 e. The third kappa shape index (κ3) is 4.96. The Morgan fingerprint density at radius 2 is 1.56 bits per heavy atom. The molecule has 10 heteroatoms. The highest BCUT2D eigenvalue weighted by Crippen LogP contribution is 2.40. The van der Waals surface area contributed by atoms with E-state index in [2.05, 4.69) is 10.6 Å². The summed E-state index contributed by atoms with van der Waals surface area (Å²) in [7, 11) is 6.33. The molecule has 2 heterocycles. The van der Waals surface area contributed by atoms with Crippen molar-refractivity contribution in [2.75, 3.05) is 39.1 Å². The number of allylic oxidation sites excluding steroid dienone is 1. The number of carbonyl (C=O) groups is 1. The predicted molar refractivity (Wildman–Crippen MR) is 148 cm³/mol. The Morgan fingerprint density at radius 1 is 0.872 bits per heavy atom. The number of rotatable bonds is 8. The van der Waals surface area contributed by atoms with E-state index in [-0.39, 0.29) is 5.91 Å². The normalized spacial score (nSPS) is 14.2. The average molecular weight is 528 g/mol. The molecule has 0 saturated carbocycles. The second-order valence-corrected chi connectivity index (χ2v) is 8.81. The summed E-state index contributed by atoms with van der Waals surface area (Å²) in [6, 6.07) is 19.7. The van der Waals surface area contributed by atoms with Crippen molar-refractivity contribution in [1.29, 1.82) is 0 Å². The Bertz CT molecular complexity index is 1520. The molecule has 1 atom stereocenters. The number of para-hydroxylation sites is 1. The molecule has 2 N–H and O–H groups in total. The van der Waals surface area contributed by atoms with Crippen LogP contribution in [0, 0.1) is 0 Å². The Morgan fingerprint density at radius 3 is 2.21 bits per heavy atom. The number of nitrogens with one attached hydrogen (secondary N) is 2. The summed E-state index contributed by atoms with van der Waals surface area (Å²) in [5.41, 5.74) is 3.29. The van der Waals surface area contributed by atoms with E-state index in [1.165, 1.54) is 0 Å². The van der Waals surface area contributed by atoms with Gasteiger partial charge in [0.15, 0.2) is 17.3 Å². The van der Waals surface area contributed by atoms with Crippen LogP contribution in [0.25, 0.3) is 11.4 Å². The summed E-state index contributed by atoms with van der Waals surface area (Å²) in [5.74, 6) is 3.00. The topological polar surface area (TPSA) is 109 Å². The summed E-state index contributed by atoms with van der Waals surface area (Å²) in [5, 5.41) is 11.1. The van der Waals surface area contributed by atoms with E-state index < -0.39 is 6.04 Å². The van der Waals surface area contributed by atoms with Crippen molar-refractivity contribution in [2.24, 2.45) is 0 Å². The lowest BCUT2D eigenvalue weighted by Gasteiger charge is -2.29. The molecular formula is C29H29N5O5. The van der Waals surface area contributed by atoms with E-state index in [1.807, 2.05) is 67.6 Å². The first-order valence-corrected chi connectivity index (χ1v) is 12.2. The van der Waals surface area contributed by atoms with E-state index in [0.717, 1.165) is 5.56 Å². The maximum Gasteiger partial charge on any atom is 0.255 e. The third-order valence-corrected chi connectivity index (χ3v) is 6.46. The van der Waals surface area contributed by atoms with Crippen LogP contribution in [0.15, 0.2) is 78.0 Å². The smallest absolute Gasteiger partial charge is 0.255 e. The minimum absolute atomic E-state index is 0.267. The first kappa shape index (κ1) is 25.7. The van der Waals surface area contributed by atoms with Crippen molar-refractivity contribution < 1.29 is 23.7 Å². The van der Waals surface area contributed by atoms with Crippen LogP contribution in [0.2, 0.25) is 0 Å². The molecule has 39 heavy (non-hydrogen) atoms. The number of aromatic nitrogens is 3. The molecule has 0 radical (unpaired) electrons. The lowest BCUT2D eigenvalue weighted by atomic mass is 9.94. The Balaban J connectivity index is 1.64. The largest absolute Gasteiger partial charge is 0.497 e. The van der Waals surface area contributed by atoms with Crippen molar-refractivity contribution in [2.45, 2.75) is 13.0 Å². The van der Waals surface area contributed by atoms with E-state index in [9.17, 15) is 4.79 Å². The molecule has 0 fully saturated rings. The highest BCUT2D eigenvalue weighted by molar-refractivity contribution is 6.06. The standard InChI is InChI=1S/C29H29N5O5/c1-17-25(28(35)31-20-9-7-6-8-10-20)26(18-11-12-23(38-4)24(15-18)39-5)34-29(30-17)32-27(33-34)19-13-21(36-2)16-22(14-19)37-3/h6-16,26H,1-5H3,(H,31,35)(H,30,32,33). The molecule has 0 bridgehead atoms. The maximum absolute atomic E-state index is 13.7. The number of hydrogen-bond acceptors (Lipinski definition) is 8. The Labute approximate surface area is 226 Å². The minimum atomic E-state index is -0.612. The zero-order valence-electron chi connectivity index (χ0n) is 22.3. The maximum atomic E-state index is 13.7. The van der Waals surface area contributed by atoms with Gasteiger partial charge in [-0.3, -0.25) is 4.79 Å².